The summed E-state index contributed by atoms with van der Waals surface area (Å²) in [6, 6.07) is 0. The molecule has 0 bridgehead atoms. The number of aryl methyl sites for hydroxylation is 1. The van der Waals surface area contributed by atoms with Crippen LogP contribution < -0.4 is 10.5 Å². The number of methoxy groups -OCH3 is 1. The number of ketones is 1. The van der Waals surface area contributed by atoms with Crippen LogP contribution in [0.1, 0.15) is 37.2 Å². The summed E-state index contributed by atoms with van der Waals surface area (Å²) in [7, 11) is 3.29. The standard InChI is InChI=1S/C13H23N3O2/c1-9(2)5-10(7-14)6-11(17)13-12(18-4)8-15-16(13)3/h8-10H,5-7,14H2,1-4H3. The van der Waals surface area contributed by atoms with Crippen LogP contribution in [0.15, 0.2) is 6.20 Å². The van der Waals surface area contributed by atoms with Gasteiger partial charge in [-0.1, -0.05) is 13.8 Å². The molecule has 0 saturated carbocycles. The quantitative estimate of drug-likeness (QED) is 0.750. The van der Waals surface area contributed by atoms with Crippen molar-refractivity contribution in [3.8, 4) is 5.75 Å². The van der Waals surface area contributed by atoms with E-state index in [2.05, 4.69) is 18.9 Å². The Labute approximate surface area is 108 Å². The molecule has 1 unspecified atom stereocenters. The molecule has 0 aliphatic heterocycles. The first-order chi connectivity index (χ1) is 8.49. The minimum Gasteiger partial charge on any atom is -0.493 e. The molecule has 0 aliphatic carbocycles. The van der Waals surface area contributed by atoms with E-state index in [1.54, 1.807) is 25.0 Å². The van der Waals surface area contributed by atoms with Gasteiger partial charge in [-0.05, 0) is 24.8 Å². The third-order valence-corrected chi connectivity index (χ3v) is 3.00. The van der Waals surface area contributed by atoms with Crippen molar-refractivity contribution in [3.63, 3.8) is 0 Å². The van der Waals surface area contributed by atoms with Crippen LogP contribution in [-0.2, 0) is 7.05 Å². The summed E-state index contributed by atoms with van der Waals surface area (Å²) in [5.41, 5.74) is 6.25. The Balaban J connectivity index is 2.77. The molecule has 0 aliphatic rings. The smallest absolute Gasteiger partial charge is 0.184 e. The molecular weight excluding hydrogens is 230 g/mol. The molecule has 0 aromatic carbocycles. The maximum absolute atomic E-state index is 12.3. The molecule has 0 radical (unpaired) electrons. The molecule has 0 amide bonds. The molecule has 1 aromatic rings. The van der Waals surface area contributed by atoms with E-state index >= 15 is 0 Å². The van der Waals surface area contributed by atoms with Gasteiger partial charge in [-0.3, -0.25) is 9.48 Å². The third kappa shape index (κ3) is 3.57. The Morgan fingerprint density at radius 3 is 2.72 bits per heavy atom. The average molecular weight is 253 g/mol. The van der Waals surface area contributed by atoms with Crippen molar-refractivity contribution in [1.82, 2.24) is 9.78 Å². The topological polar surface area (TPSA) is 70.1 Å². The minimum absolute atomic E-state index is 0.0444. The van der Waals surface area contributed by atoms with Gasteiger partial charge in [0, 0.05) is 13.5 Å². The number of nitrogens with two attached hydrogens (primary N) is 1. The van der Waals surface area contributed by atoms with Crippen molar-refractivity contribution in [3.05, 3.63) is 11.9 Å². The van der Waals surface area contributed by atoms with Gasteiger partial charge in [0.05, 0.1) is 13.3 Å². The first-order valence-electron chi connectivity index (χ1n) is 6.28. The molecule has 18 heavy (non-hydrogen) atoms. The van der Waals surface area contributed by atoms with E-state index in [1.807, 2.05) is 0 Å². The van der Waals surface area contributed by atoms with Crippen LogP contribution in [0.4, 0.5) is 0 Å². The number of hydrogen-bond donors (Lipinski definition) is 1. The van der Waals surface area contributed by atoms with Gasteiger partial charge in [-0.2, -0.15) is 5.10 Å². The molecule has 102 valence electrons. The number of rotatable bonds is 7. The first kappa shape index (κ1) is 14.7. The van der Waals surface area contributed by atoms with Crippen LogP contribution in [0.5, 0.6) is 5.75 Å². The number of nitrogens with zero attached hydrogens (tertiary/aromatic N) is 2. The van der Waals surface area contributed by atoms with Gasteiger partial charge >= 0.3 is 0 Å². The zero-order chi connectivity index (χ0) is 13.7. The van der Waals surface area contributed by atoms with Crippen LogP contribution in [0, 0.1) is 11.8 Å². The predicted molar refractivity (Wildman–Crippen MR) is 70.7 cm³/mol. The number of Topliss-reactive ketones (excluding diaryl/α,β-unsaturated/α-hetero) is 1. The van der Waals surface area contributed by atoms with Gasteiger partial charge in [0.2, 0.25) is 0 Å². The van der Waals surface area contributed by atoms with Gasteiger partial charge in [-0.25, -0.2) is 0 Å². The highest BCUT2D eigenvalue weighted by Crippen LogP contribution is 2.22. The van der Waals surface area contributed by atoms with Crippen LogP contribution in [-0.4, -0.2) is 29.2 Å². The van der Waals surface area contributed by atoms with Crippen LogP contribution in [0.25, 0.3) is 0 Å². The second-order valence-corrected chi connectivity index (χ2v) is 5.04. The van der Waals surface area contributed by atoms with Gasteiger partial charge in [0.25, 0.3) is 0 Å². The lowest BCUT2D eigenvalue weighted by molar-refractivity contribution is 0.0945. The van der Waals surface area contributed by atoms with Crippen molar-refractivity contribution in [2.75, 3.05) is 13.7 Å². The van der Waals surface area contributed by atoms with Crippen molar-refractivity contribution in [2.24, 2.45) is 24.6 Å². The number of carbonyl (C=O) groups excluding carboxylic acids is 1. The fraction of sp³-hybridized carbons (Fsp3) is 0.692. The summed E-state index contributed by atoms with van der Waals surface area (Å²) in [6.45, 7) is 4.81. The maximum Gasteiger partial charge on any atom is 0.184 e. The Hall–Kier alpha value is -1.36. The third-order valence-electron chi connectivity index (χ3n) is 3.00. The summed E-state index contributed by atoms with van der Waals surface area (Å²) in [6.07, 6.45) is 2.97. The molecule has 0 fully saturated rings. The Kier molecular flexibility index (Phi) is 5.34. The second kappa shape index (κ2) is 6.54. The predicted octanol–water partition coefficient (Wildman–Crippen LogP) is 1.62. The van der Waals surface area contributed by atoms with E-state index in [1.165, 1.54) is 0 Å². The van der Waals surface area contributed by atoms with E-state index in [9.17, 15) is 4.79 Å². The minimum atomic E-state index is 0.0444. The van der Waals surface area contributed by atoms with Crippen molar-refractivity contribution in [2.45, 2.75) is 26.7 Å². The van der Waals surface area contributed by atoms with Gasteiger partial charge in [0.1, 0.15) is 5.69 Å². The van der Waals surface area contributed by atoms with Gasteiger partial charge in [0.15, 0.2) is 11.5 Å². The molecule has 1 atom stereocenters. The summed E-state index contributed by atoms with van der Waals surface area (Å²) in [5.74, 6) is 1.34. The highest BCUT2D eigenvalue weighted by molar-refractivity contribution is 5.97. The van der Waals surface area contributed by atoms with E-state index in [0.717, 1.165) is 6.42 Å². The molecule has 5 heteroatoms. The Bertz CT molecular complexity index is 399. The zero-order valence-electron chi connectivity index (χ0n) is 11.6. The van der Waals surface area contributed by atoms with Crippen molar-refractivity contribution in [1.29, 1.82) is 0 Å². The lowest BCUT2D eigenvalue weighted by Crippen LogP contribution is -2.21. The number of carbonyl (C=O) groups is 1. The van der Waals surface area contributed by atoms with E-state index in [4.69, 9.17) is 10.5 Å². The number of ether oxygens (including phenoxy) is 1. The fourth-order valence-corrected chi connectivity index (χ4v) is 2.17. The van der Waals surface area contributed by atoms with Gasteiger partial charge < -0.3 is 10.5 Å². The molecule has 5 nitrogen and oxygen atoms in total. The summed E-state index contributed by atoms with van der Waals surface area (Å²) in [5, 5.41) is 4.04. The molecule has 1 heterocycles. The van der Waals surface area contributed by atoms with E-state index in [-0.39, 0.29) is 11.7 Å². The molecule has 0 saturated heterocycles. The Morgan fingerprint density at radius 1 is 1.56 bits per heavy atom. The Morgan fingerprint density at radius 2 is 2.22 bits per heavy atom. The van der Waals surface area contributed by atoms with Crippen LogP contribution >= 0.6 is 0 Å². The van der Waals surface area contributed by atoms with Crippen LogP contribution in [0.2, 0.25) is 0 Å². The summed E-state index contributed by atoms with van der Waals surface area (Å²) in [4.78, 5) is 12.3. The molecule has 1 rings (SSSR count). The largest absolute Gasteiger partial charge is 0.493 e. The summed E-state index contributed by atoms with van der Waals surface area (Å²) >= 11 is 0. The number of hydrogen-bond acceptors (Lipinski definition) is 4. The SMILES string of the molecule is COc1cnn(C)c1C(=O)CC(CN)CC(C)C. The van der Waals surface area contributed by atoms with Crippen molar-refractivity contribution >= 4 is 5.78 Å². The molecule has 1 aromatic heterocycles. The molecule has 2 N–H and O–H groups in total. The second-order valence-electron chi connectivity index (χ2n) is 5.04. The van der Waals surface area contributed by atoms with E-state index in [0.29, 0.717) is 30.3 Å². The monoisotopic (exact) mass is 253 g/mol. The van der Waals surface area contributed by atoms with E-state index < -0.39 is 0 Å². The average Bonchev–Trinajstić information content (AvgIpc) is 2.68. The highest BCUT2D eigenvalue weighted by Gasteiger charge is 2.21. The number of aromatic nitrogens is 2. The van der Waals surface area contributed by atoms with Crippen LogP contribution in [0.3, 0.4) is 0 Å². The van der Waals surface area contributed by atoms with Gasteiger partial charge in [-0.15, -0.1) is 0 Å². The summed E-state index contributed by atoms with van der Waals surface area (Å²) < 4.78 is 6.71. The maximum atomic E-state index is 12.3. The zero-order valence-corrected chi connectivity index (χ0v) is 11.6. The lowest BCUT2D eigenvalue weighted by atomic mass is 9.92. The first-order valence-corrected chi connectivity index (χ1v) is 6.28. The fourth-order valence-electron chi connectivity index (χ4n) is 2.17. The highest BCUT2D eigenvalue weighted by atomic mass is 16.5. The normalized spacial score (nSPS) is 12.8. The molecule has 0 spiro atoms. The lowest BCUT2D eigenvalue weighted by Gasteiger charge is -2.16. The molecular formula is C13H23N3O2. The van der Waals surface area contributed by atoms with Crippen molar-refractivity contribution < 1.29 is 9.53 Å².